The fraction of sp³-hybridized carbons (Fsp3) is 0.400. The number of piperidine rings is 2. The molecule has 2 aromatic heterocycles. The first-order valence-electron chi connectivity index (χ1n) is 13.6. The highest BCUT2D eigenvalue weighted by molar-refractivity contribution is 5.71. The van der Waals surface area contributed by atoms with Crippen molar-refractivity contribution in [2.75, 3.05) is 0 Å². The summed E-state index contributed by atoms with van der Waals surface area (Å²) >= 11 is 0. The van der Waals surface area contributed by atoms with Gasteiger partial charge in [0, 0.05) is 12.1 Å². The van der Waals surface area contributed by atoms with E-state index in [9.17, 15) is 0 Å². The Morgan fingerprint density at radius 2 is 0.944 bits per heavy atom. The molecule has 6 nitrogen and oxygen atoms in total. The quantitative estimate of drug-likeness (QED) is 0.295. The molecule has 6 heteroatoms. The Labute approximate surface area is 211 Å². The number of fused-ring (bicyclic) bond motifs is 4. The predicted octanol–water partition coefficient (Wildman–Crippen LogP) is 5.76. The van der Waals surface area contributed by atoms with Crippen molar-refractivity contribution < 1.29 is 0 Å². The van der Waals surface area contributed by atoms with Crippen LogP contribution in [-0.4, -0.2) is 32.0 Å². The zero-order chi connectivity index (χ0) is 23.6. The topological polar surface area (TPSA) is 81.4 Å². The minimum Gasteiger partial charge on any atom is -0.341 e. The summed E-state index contributed by atoms with van der Waals surface area (Å²) in [5, 5.41) is 7.47. The van der Waals surface area contributed by atoms with Crippen molar-refractivity contribution in [1.82, 2.24) is 30.6 Å². The van der Waals surface area contributed by atoms with Crippen LogP contribution < -0.4 is 10.6 Å². The lowest BCUT2D eigenvalue weighted by molar-refractivity contribution is 0.379. The minimum absolute atomic E-state index is 0.394. The Morgan fingerprint density at radius 3 is 1.31 bits per heavy atom. The predicted molar refractivity (Wildman–Crippen MR) is 141 cm³/mol. The van der Waals surface area contributed by atoms with Crippen LogP contribution in [0.2, 0.25) is 0 Å². The molecule has 2 saturated carbocycles. The summed E-state index contributed by atoms with van der Waals surface area (Å²) < 4.78 is 0. The zero-order valence-corrected chi connectivity index (χ0v) is 20.4. The summed E-state index contributed by atoms with van der Waals surface area (Å²) in [6.45, 7) is 0. The first-order chi connectivity index (χ1) is 17.8. The van der Waals surface area contributed by atoms with Gasteiger partial charge in [-0.2, -0.15) is 0 Å². The Bertz CT molecular complexity index is 1280. The van der Waals surface area contributed by atoms with Crippen molar-refractivity contribution in [3.63, 3.8) is 0 Å². The van der Waals surface area contributed by atoms with Gasteiger partial charge in [0.25, 0.3) is 0 Å². The summed E-state index contributed by atoms with van der Waals surface area (Å²) in [7, 11) is 0. The molecule has 0 spiro atoms. The second-order valence-electron chi connectivity index (χ2n) is 11.3. The molecule has 2 aliphatic carbocycles. The van der Waals surface area contributed by atoms with Crippen LogP contribution >= 0.6 is 0 Å². The van der Waals surface area contributed by atoms with E-state index in [0.717, 1.165) is 34.9 Å². The highest BCUT2D eigenvalue weighted by Gasteiger charge is 2.42. The van der Waals surface area contributed by atoms with Gasteiger partial charge < -0.3 is 20.6 Å². The highest BCUT2D eigenvalue weighted by Crippen LogP contribution is 2.43. The first kappa shape index (κ1) is 20.9. The molecule has 4 aliphatic rings. The Balaban J connectivity index is 0.972. The lowest BCUT2D eigenvalue weighted by Crippen LogP contribution is -2.29. The number of imidazole rings is 2. The Morgan fingerprint density at radius 1 is 0.528 bits per heavy atom. The maximum Gasteiger partial charge on any atom is 0.124 e. The monoisotopic (exact) mass is 476 g/mol. The first-order valence-corrected chi connectivity index (χ1v) is 13.6. The average Bonchev–Trinajstić information content (AvgIpc) is 3.76. The number of rotatable bonds is 5. The van der Waals surface area contributed by atoms with Gasteiger partial charge in [-0.05, 0) is 72.6 Å². The van der Waals surface area contributed by atoms with Gasteiger partial charge in [0.15, 0.2) is 0 Å². The van der Waals surface area contributed by atoms with E-state index in [4.69, 9.17) is 9.97 Å². The molecule has 182 valence electrons. The number of benzene rings is 2. The van der Waals surface area contributed by atoms with Gasteiger partial charge in [0.05, 0.1) is 35.9 Å². The largest absolute Gasteiger partial charge is 0.341 e. The molecule has 4 heterocycles. The van der Waals surface area contributed by atoms with Gasteiger partial charge in [0.1, 0.15) is 11.6 Å². The van der Waals surface area contributed by atoms with E-state index in [-0.39, 0.29) is 0 Å². The maximum absolute atomic E-state index is 4.72. The van der Waals surface area contributed by atoms with Crippen molar-refractivity contribution >= 4 is 0 Å². The molecule has 8 rings (SSSR count). The Kier molecular flexibility index (Phi) is 4.74. The lowest BCUT2D eigenvalue weighted by atomic mass is 9.99. The molecule has 4 N–H and O–H groups in total. The van der Waals surface area contributed by atoms with Crippen molar-refractivity contribution in [2.24, 2.45) is 11.8 Å². The summed E-state index contributed by atoms with van der Waals surface area (Å²) in [6, 6.07) is 19.8. The molecule has 2 aromatic carbocycles. The summed E-state index contributed by atoms with van der Waals surface area (Å²) in [5.74, 6) is 3.66. The lowest BCUT2D eigenvalue weighted by Gasteiger charge is -2.20. The normalized spacial score (nSPS) is 30.4. The number of H-pyrrole nitrogens is 2. The number of hydrogen-bond acceptors (Lipinski definition) is 4. The van der Waals surface area contributed by atoms with Crippen molar-refractivity contribution in [3.05, 3.63) is 72.6 Å². The number of nitrogens with zero attached hydrogens (tertiary/aromatic N) is 2. The molecule has 0 amide bonds. The summed E-state index contributed by atoms with van der Waals surface area (Å²) in [6.07, 6.45) is 11.9. The van der Waals surface area contributed by atoms with Gasteiger partial charge in [-0.25, -0.2) is 9.97 Å². The number of aromatic nitrogens is 4. The minimum atomic E-state index is 0.394. The van der Waals surface area contributed by atoms with Crippen LogP contribution in [0, 0.1) is 11.8 Å². The molecule has 4 bridgehead atoms. The molecule has 0 radical (unpaired) electrons. The second kappa shape index (κ2) is 8.15. The van der Waals surface area contributed by atoms with Crippen molar-refractivity contribution in [2.45, 2.75) is 62.7 Å². The van der Waals surface area contributed by atoms with Gasteiger partial charge >= 0.3 is 0 Å². The molecule has 6 unspecified atom stereocenters. The third kappa shape index (κ3) is 3.46. The highest BCUT2D eigenvalue weighted by atomic mass is 15.1. The molecule has 2 saturated heterocycles. The van der Waals surface area contributed by atoms with Crippen LogP contribution in [0.1, 0.15) is 62.3 Å². The summed E-state index contributed by atoms with van der Waals surface area (Å²) in [5.41, 5.74) is 6.98. The van der Waals surface area contributed by atoms with Gasteiger partial charge in [-0.3, -0.25) is 0 Å². The van der Waals surface area contributed by atoms with E-state index in [2.05, 4.69) is 69.1 Å². The van der Waals surface area contributed by atoms with E-state index in [1.165, 1.54) is 60.8 Å². The SMILES string of the molecule is c1cc(-c2cnc(C3NC4CCC3C4)[nH]2)ccc1-c1ccc(-c2cnc(C3NC4CCC3C4)[nH]2)cc1. The van der Waals surface area contributed by atoms with Crippen LogP contribution in [0.15, 0.2) is 60.9 Å². The molecular formula is C30H32N6. The molecule has 36 heavy (non-hydrogen) atoms. The number of hydrogen-bond donors (Lipinski definition) is 4. The molecular weight excluding hydrogens is 444 g/mol. The van der Waals surface area contributed by atoms with E-state index >= 15 is 0 Å². The fourth-order valence-corrected chi connectivity index (χ4v) is 7.29. The van der Waals surface area contributed by atoms with Crippen LogP contribution in [0.3, 0.4) is 0 Å². The van der Waals surface area contributed by atoms with Crippen LogP contribution in [-0.2, 0) is 0 Å². The molecule has 6 atom stereocenters. The van der Waals surface area contributed by atoms with E-state index in [0.29, 0.717) is 24.2 Å². The summed E-state index contributed by atoms with van der Waals surface area (Å²) in [4.78, 5) is 16.6. The van der Waals surface area contributed by atoms with Crippen LogP contribution in [0.4, 0.5) is 0 Å². The van der Waals surface area contributed by atoms with E-state index < -0.39 is 0 Å². The fourth-order valence-electron chi connectivity index (χ4n) is 7.29. The Hall–Kier alpha value is -3.22. The molecule has 4 fully saturated rings. The van der Waals surface area contributed by atoms with Crippen LogP contribution in [0.5, 0.6) is 0 Å². The van der Waals surface area contributed by atoms with E-state index in [1.807, 2.05) is 12.4 Å². The van der Waals surface area contributed by atoms with Gasteiger partial charge in [-0.1, -0.05) is 48.5 Å². The number of aromatic amines is 2. The van der Waals surface area contributed by atoms with Crippen LogP contribution in [0.25, 0.3) is 33.6 Å². The van der Waals surface area contributed by atoms with Crippen molar-refractivity contribution in [3.8, 4) is 33.6 Å². The third-order valence-electron chi connectivity index (χ3n) is 9.22. The standard InChI is InChI=1S/C30H32N6/c1-5-19(25-15-31-29(35-25)27-21-9-11-23(13-21)33-27)6-2-17(1)18-3-7-20(8-4-18)26-16-32-30(36-26)28-22-10-12-24(14-22)34-28/h1-8,15-16,21-24,27-28,33-34H,9-14H2,(H,31,35)(H,32,36). The van der Waals surface area contributed by atoms with Crippen molar-refractivity contribution in [1.29, 1.82) is 0 Å². The second-order valence-corrected chi connectivity index (χ2v) is 11.3. The van der Waals surface area contributed by atoms with E-state index in [1.54, 1.807) is 0 Å². The third-order valence-corrected chi connectivity index (χ3v) is 9.22. The van der Waals surface area contributed by atoms with Gasteiger partial charge in [-0.15, -0.1) is 0 Å². The molecule has 2 aliphatic heterocycles. The van der Waals surface area contributed by atoms with Gasteiger partial charge in [0.2, 0.25) is 0 Å². The maximum atomic E-state index is 4.72. The smallest absolute Gasteiger partial charge is 0.124 e. The molecule has 4 aromatic rings. The zero-order valence-electron chi connectivity index (χ0n) is 20.4. The average molecular weight is 477 g/mol. The number of nitrogens with one attached hydrogen (secondary N) is 4.